The van der Waals surface area contributed by atoms with E-state index in [-0.39, 0.29) is 0 Å². The molecule has 0 unspecified atom stereocenters. The van der Waals surface area contributed by atoms with E-state index in [0.29, 0.717) is 0 Å². The molecule has 1 nitrogen and oxygen atoms in total. The third kappa shape index (κ3) is 1.16. The van der Waals surface area contributed by atoms with Crippen LogP contribution in [-0.2, 0) is 6.54 Å². The van der Waals surface area contributed by atoms with Gasteiger partial charge in [-0.2, -0.15) is 0 Å². The fourth-order valence-corrected chi connectivity index (χ4v) is 2.57. The fraction of sp³-hybridized carbons (Fsp3) is 0.385. The summed E-state index contributed by atoms with van der Waals surface area (Å²) in [6.07, 6.45) is 5.23. The predicted molar refractivity (Wildman–Crippen MR) is 58.7 cm³/mol. The molecule has 0 spiro atoms. The van der Waals surface area contributed by atoms with Crippen molar-refractivity contribution in [2.24, 2.45) is 0 Å². The minimum absolute atomic E-state index is 1.02. The van der Waals surface area contributed by atoms with E-state index in [4.69, 9.17) is 0 Å². The Bertz CT molecular complexity index is 390. The summed E-state index contributed by atoms with van der Waals surface area (Å²) in [5.74, 6) is 0. The van der Waals surface area contributed by atoms with Crippen LogP contribution in [0.4, 0.5) is 0 Å². The summed E-state index contributed by atoms with van der Waals surface area (Å²) in [6.45, 7) is 1.02. The van der Waals surface area contributed by atoms with E-state index in [1.165, 1.54) is 42.5 Å². The van der Waals surface area contributed by atoms with Crippen molar-refractivity contribution in [2.45, 2.75) is 32.2 Å². The Kier molecular flexibility index (Phi) is 1.83. The molecule has 0 fully saturated rings. The average Bonchev–Trinajstić information content (AvgIpc) is 2.29. The van der Waals surface area contributed by atoms with Crippen LogP contribution in [0.15, 0.2) is 30.0 Å². The van der Waals surface area contributed by atoms with Crippen molar-refractivity contribution in [3.05, 3.63) is 41.1 Å². The molecule has 14 heavy (non-hydrogen) atoms. The maximum Gasteiger partial charge on any atom is 0.0403 e. The quantitative estimate of drug-likeness (QED) is 0.655. The number of hydrogen-bond acceptors (Lipinski definition) is 1. The molecule has 0 saturated heterocycles. The largest absolute Gasteiger partial charge is 0.384 e. The van der Waals surface area contributed by atoms with Gasteiger partial charge in [-0.05, 0) is 42.4 Å². The zero-order valence-corrected chi connectivity index (χ0v) is 8.34. The summed E-state index contributed by atoms with van der Waals surface area (Å²) < 4.78 is 0. The first-order chi connectivity index (χ1) is 6.95. The molecule has 0 aromatic heterocycles. The van der Waals surface area contributed by atoms with Crippen LogP contribution >= 0.6 is 0 Å². The van der Waals surface area contributed by atoms with E-state index in [1.807, 2.05) is 0 Å². The first-order valence-electron chi connectivity index (χ1n) is 5.49. The zero-order valence-electron chi connectivity index (χ0n) is 8.34. The van der Waals surface area contributed by atoms with Crippen LogP contribution in [0.25, 0.3) is 5.57 Å². The molecule has 0 bridgehead atoms. The van der Waals surface area contributed by atoms with Gasteiger partial charge in [0, 0.05) is 12.2 Å². The molecule has 1 N–H and O–H groups in total. The van der Waals surface area contributed by atoms with Gasteiger partial charge < -0.3 is 5.32 Å². The summed E-state index contributed by atoms with van der Waals surface area (Å²) in [4.78, 5) is 0. The monoisotopic (exact) mass is 185 g/mol. The van der Waals surface area contributed by atoms with E-state index < -0.39 is 0 Å². The lowest BCUT2D eigenvalue weighted by atomic mass is 9.86. The van der Waals surface area contributed by atoms with Crippen molar-refractivity contribution in [2.75, 3.05) is 0 Å². The molecular formula is C13H15N. The van der Waals surface area contributed by atoms with Crippen LogP contribution in [0, 0.1) is 0 Å². The second kappa shape index (κ2) is 3.16. The number of allylic oxidation sites excluding steroid dienone is 2. The van der Waals surface area contributed by atoms with Crippen molar-refractivity contribution >= 4 is 5.57 Å². The molecule has 1 aliphatic heterocycles. The lowest BCUT2D eigenvalue weighted by Crippen LogP contribution is -2.22. The third-order valence-electron chi connectivity index (χ3n) is 3.30. The summed E-state index contributed by atoms with van der Waals surface area (Å²) in [5.41, 5.74) is 6.06. The molecule has 1 heteroatoms. The zero-order chi connectivity index (χ0) is 9.38. The fourth-order valence-electron chi connectivity index (χ4n) is 2.57. The van der Waals surface area contributed by atoms with Gasteiger partial charge in [-0.15, -0.1) is 0 Å². The van der Waals surface area contributed by atoms with E-state index >= 15 is 0 Å². The maximum absolute atomic E-state index is 3.56. The van der Waals surface area contributed by atoms with Gasteiger partial charge in [-0.3, -0.25) is 0 Å². The smallest absolute Gasteiger partial charge is 0.0403 e. The van der Waals surface area contributed by atoms with E-state index in [2.05, 4.69) is 29.6 Å². The van der Waals surface area contributed by atoms with Crippen molar-refractivity contribution in [3.63, 3.8) is 0 Å². The normalized spacial score (nSPS) is 19.7. The van der Waals surface area contributed by atoms with Gasteiger partial charge in [0.1, 0.15) is 0 Å². The number of benzene rings is 1. The third-order valence-corrected chi connectivity index (χ3v) is 3.30. The lowest BCUT2D eigenvalue weighted by Gasteiger charge is -2.28. The Hall–Kier alpha value is -1.24. The van der Waals surface area contributed by atoms with Gasteiger partial charge in [0.05, 0.1) is 0 Å². The average molecular weight is 185 g/mol. The highest BCUT2D eigenvalue weighted by Crippen LogP contribution is 2.35. The Labute approximate surface area is 84.8 Å². The highest BCUT2D eigenvalue weighted by atomic mass is 14.9. The predicted octanol–water partition coefficient (Wildman–Crippen LogP) is 3.07. The molecule has 1 aliphatic carbocycles. The highest BCUT2D eigenvalue weighted by Gasteiger charge is 2.19. The first kappa shape index (κ1) is 8.10. The Morgan fingerprint density at radius 3 is 2.86 bits per heavy atom. The number of nitrogens with one attached hydrogen (secondary N) is 1. The molecular weight excluding hydrogens is 170 g/mol. The van der Waals surface area contributed by atoms with E-state index in [1.54, 1.807) is 5.57 Å². The topological polar surface area (TPSA) is 12.0 Å². The van der Waals surface area contributed by atoms with Gasteiger partial charge in [0.25, 0.3) is 0 Å². The number of fused-ring (bicyclic) bond motifs is 2. The Morgan fingerprint density at radius 1 is 1.00 bits per heavy atom. The maximum atomic E-state index is 3.56. The summed E-state index contributed by atoms with van der Waals surface area (Å²) >= 11 is 0. The minimum atomic E-state index is 1.02. The van der Waals surface area contributed by atoms with Crippen LogP contribution in [-0.4, -0.2) is 0 Å². The molecule has 0 atom stereocenters. The second-order valence-corrected chi connectivity index (χ2v) is 4.17. The summed E-state index contributed by atoms with van der Waals surface area (Å²) in [7, 11) is 0. The molecule has 0 amide bonds. The van der Waals surface area contributed by atoms with Gasteiger partial charge in [-0.1, -0.05) is 24.3 Å². The minimum Gasteiger partial charge on any atom is -0.384 e. The van der Waals surface area contributed by atoms with Crippen LogP contribution in [0.5, 0.6) is 0 Å². The van der Waals surface area contributed by atoms with Gasteiger partial charge in [-0.25, -0.2) is 0 Å². The molecule has 2 aliphatic rings. The van der Waals surface area contributed by atoms with Crippen molar-refractivity contribution in [3.8, 4) is 0 Å². The highest BCUT2D eigenvalue weighted by molar-refractivity contribution is 5.73. The number of hydrogen-bond donors (Lipinski definition) is 1. The van der Waals surface area contributed by atoms with Crippen molar-refractivity contribution in [1.82, 2.24) is 5.32 Å². The SMILES string of the molecule is c1ccc2c(c1)CNC1=C2CCCC1. The molecule has 1 heterocycles. The van der Waals surface area contributed by atoms with Crippen LogP contribution in [0.2, 0.25) is 0 Å². The molecule has 72 valence electrons. The molecule has 1 aromatic rings. The molecule has 0 saturated carbocycles. The van der Waals surface area contributed by atoms with Gasteiger partial charge in [0.15, 0.2) is 0 Å². The summed E-state index contributed by atoms with van der Waals surface area (Å²) in [6, 6.07) is 8.80. The Balaban J connectivity index is 2.13. The first-order valence-corrected chi connectivity index (χ1v) is 5.49. The Morgan fingerprint density at radius 2 is 1.86 bits per heavy atom. The lowest BCUT2D eigenvalue weighted by molar-refractivity contribution is 0.637. The standard InChI is InChI=1S/C13H15N/c1-2-6-11-10(5-1)9-14-13-8-4-3-7-12(11)13/h1-2,5-6,14H,3-4,7-9H2. The van der Waals surface area contributed by atoms with Crippen LogP contribution in [0.3, 0.4) is 0 Å². The van der Waals surface area contributed by atoms with Crippen LogP contribution in [0.1, 0.15) is 36.8 Å². The van der Waals surface area contributed by atoms with Crippen molar-refractivity contribution in [1.29, 1.82) is 0 Å². The number of rotatable bonds is 0. The van der Waals surface area contributed by atoms with Crippen molar-refractivity contribution < 1.29 is 0 Å². The van der Waals surface area contributed by atoms with Gasteiger partial charge in [0.2, 0.25) is 0 Å². The molecule has 1 aromatic carbocycles. The summed E-state index contributed by atoms with van der Waals surface area (Å²) in [5, 5.41) is 3.56. The van der Waals surface area contributed by atoms with E-state index in [0.717, 1.165) is 6.54 Å². The van der Waals surface area contributed by atoms with E-state index in [9.17, 15) is 0 Å². The molecule has 0 radical (unpaired) electrons. The molecule has 3 rings (SSSR count). The van der Waals surface area contributed by atoms with Crippen LogP contribution < -0.4 is 5.32 Å². The van der Waals surface area contributed by atoms with Gasteiger partial charge >= 0.3 is 0 Å². The second-order valence-electron chi connectivity index (χ2n) is 4.17.